The molecule has 4 rings (SSSR count). The van der Waals surface area contributed by atoms with Crippen LogP contribution in [0, 0.1) is 6.92 Å². The summed E-state index contributed by atoms with van der Waals surface area (Å²) < 4.78 is 8.92. The number of nitrogens with one attached hydrogen (secondary N) is 2. The third-order valence-electron chi connectivity index (χ3n) is 4.68. The SMILES string of the molecule is Cc1cc2c(o1)c1cnn(CC(=O)NCCc3cnc[nH]3)c(=O)c1n2C(C)C. The molecule has 0 aliphatic carbocycles. The number of aromatic amines is 1. The highest BCUT2D eigenvalue weighted by molar-refractivity contribution is 6.04. The van der Waals surface area contributed by atoms with Crippen LogP contribution in [0.5, 0.6) is 0 Å². The fourth-order valence-corrected chi connectivity index (χ4v) is 3.47. The van der Waals surface area contributed by atoms with Crippen LogP contribution in [-0.2, 0) is 17.8 Å². The van der Waals surface area contributed by atoms with E-state index in [0.717, 1.165) is 17.0 Å². The zero-order valence-electron chi connectivity index (χ0n) is 16.0. The van der Waals surface area contributed by atoms with Crippen LogP contribution in [0.3, 0.4) is 0 Å². The maximum atomic E-state index is 13.0. The molecule has 0 aliphatic heterocycles. The number of carbonyl (C=O) groups excluding carboxylic acids is 1. The predicted molar refractivity (Wildman–Crippen MR) is 104 cm³/mol. The summed E-state index contributed by atoms with van der Waals surface area (Å²) in [6.45, 7) is 6.20. The fraction of sp³-hybridized carbons (Fsp3) is 0.368. The standard InChI is InChI=1S/C19H22N6O3/c1-11(2)25-15-6-12(3)28-18(15)14-8-23-24(19(27)17(14)25)9-16(26)21-5-4-13-7-20-10-22-13/h6-8,10-11H,4-5,9H2,1-3H3,(H,20,22)(H,21,26). The lowest BCUT2D eigenvalue weighted by Crippen LogP contribution is -2.35. The van der Waals surface area contributed by atoms with Crippen LogP contribution in [0.1, 0.15) is 31.3 Å². The molecule has 146 valence electrons. The Hall–Kier alpha value is -3.36. The zero-order valence-corrected chi connectivity index (χ0v) is 16.0. The minimum absolute atomic E-state index is 0.0591. The van der Waals surface area contributed by atoms with Gasteiger partial charge in [-0.3, -0.25) is 9.59 Å². The van der Waals surface area contributed by atoms with Gasteiger partial charge in [0.25, 0.3) is 5.56 Å². The summed E-state index contributed by atoms with van der Waals surface area (Å²) in [6, 6.07) is 1.98. The summed E-state index contributed by atoms with van der Waals surface area (Å²) in [5, 5.41) is 7.65. The van der Waals surface area contributed by atoms with Crippen molar-refractivity contribution < 1.29 is 9.21 Å². The Kier molecular flexibility index (Phi) is 4.50. The zero-order chi connectivity index (χ0) is 19.8. The summed E-state index contributed by atoms with van der Waals surface area (Å²) in [5.41, 5.74) is 2.65. The van der Waals surface area contributed by atoms with Crippen molar-refractivity contribution in [2.75, 3.05) is 6.54 Å². The molecule has 0 unspecified atom stereocenters. The van der Waals surface area contributed by atoms with E-state index in [0.29, 0.717) is 29.5 Å². The molecule has 4 heterocycles. The molecule has 4 aromatic heterocycles. The van der Waals surface area contributed by atoms with E-state index in [1.54, 1.807) is 18.7 Å². The molecule has 2 N–H and O–H groups in total. The molecule has 4 aromatic rings. The van der Waals surface area contributed by atoms with Gasteiger partial charge < -0.3 is 19.3 Å². The average Bonchev–Trinajstić information content (AvgIpc) is 3.33. The largest absolute Gasteiger partial charge is 0.459 e. The second-order valence-electron chi connectivity index (χ2n) is 7.08. The first kappa shape index (κ1) is 18.0. The average molecular weight is 382 g/mol. The summed E-state index contributed by atoms with van der Waals surface area (Å²) in [7, 11) is 0. The number of nitrogens with zero attached hydrogens (tertiary/aromatic N) is 4. The summed E-state index contributed by atoms with van der Waals surface area (Å²) in [6.07, 6.45) is 5.54. The normalized spacial score (nSPS) is 11.7. The number of imidazole rings is 1. The highest BCUT2D eigenvalue weighted by Gasteiger charge is 2.21. The number of hydrogen-bond acceptors (Lipinski definition) is 5. The van der Waals surface area contributed by atoms with Crippen LogP contribution in [-0.4, -0.2) is 36.8 Å². The van der Waals surface area contributed by atoms with Crippen molar-refractivity contribution in [3.63, 3.8) is 0 Å². The molecule has 28 heavy (non-hydrogen) atoms. The van der Waals surface area contributed by atoms with E-state index >= 15 is 0 Å². The molecular formula is C19H22N6O3. The van der Waals surface area contributed by atoms with E-state index in [4.69, 9.17) is 4.42 Å². The lowest BCUT2D eigenvalue weighted by Gasteiger charge is -2.11. The molecule has 9 nitrogen and oxygen atoms in total. The third kappa shape index (κ3) is 3.08. The molecular weight excluding hydrogens is 360 g/mol. The Morgan fingerprint density at radius 2 is 2.18 bits per heavy atom. The second-order valence-corrected chi connectivity index (χ2v) is 7.08. The van der Waals surface area contributed by atoms with Gasteiger partial charge in [-0.15, -0.1) is 0 Å². The number of aryl methyl sites for hydroxylation is 1. The molecule has 0 saturated carbocycles. The number of fused-ring (bicyclic) bond motifs is 3. The van der Waals surface area contributed by atoms with E-state index < -0.39 is 0 Å². The van der Waals surface area contributed by atoms with Crippen molar-refractivity contribution in [2.24, 2.45) is 0 Å². The molecule has 9 heteroatoms. The minimum atomic E-state index is -0.307. The molecule has 0 atom stereocenters. The van der Waals surface area contributed by atoms with Crippen LogP contribution in [0.2, 0.25) is 0 Å². The van der Waals surface area contributed by atoms with Gasteiger partial charge in [-0.1, -0.05) is 0 Å². The fourth-order valence-electron chi connectivity index (χ4n) is 3.47. The summed E-state index contributed by atoms with van der Waals surface area (Å²) in [4.78, 5) is 32.2. The first-order valence-electron chi connectivity index (χ1n) is 9.20. The molecule has 1 amide bonds. The van der Waals surface area contributed by atoms with E-state index in [1.165, 1.54) is 4.68 Å². The highest BCUT2D eigenvalue weighted by atomic mass is 16.3. The van der Waals surface area contributed by atoms with Gasteiger partial charge >= 0.3 is 0 Å². The molecule has 0 aliphatic rings. The van der Waals surface area contributed by atoms with Gasteiger partial charge in [-0.25, -0.2) is 9.67 Å². The van der Waals surface area contributed by atoms with Crippen molar-refractivity contribution in [3.8, 4) is 0 Å². The maximum absolute atomic E-state index is 13.0. The number of aromatic nitrogens is 5. The van der Waals surface area contributed by atoms with E-state index in [9.17, 15) is 9.59 Å². The van der Waals surface area contributed by atoms with Crippen molar-refractivity contribution in [3.05, 3.63) is 46.6 Å². The molecule has 0 fully saturated rings. The molecule has 0 bridgehead atoms. The van der Waals surface area contributed by atoms with E-state index in [1.807, 2.05) is 31.4 Å². The van der Waals surface area contributed by atoms with Gasteiger partial charge in [-0.05, 0) is 20.8 Å². The number of hydrogen-bond donors (Lipinski definition) is 2. The predicted octanol–water partition coefficient (Wildman–Crippen LogP) is 1.92. The van der Waals surface area contributed by atoms with Gasteiger partial charge in [0.1, 0.15) is 17.8 Å². The monoisotopic (exact) mass is 382 g/mol. The van der Waals surface area contributed by atoms with Gasteiger partial charge in [0.15, 0.2) is 5.58 Å². The molecule has 0 aromatic carbocycles. The van der Waals surface area contributed by atoms with Crippen molar-refractivity contribution in [1.82, 2.24) is 29.6 Å². The van der Waals surface area contributed by atoms with Crippen molar-refractivity contribution >= 4 is 27.9 Å². The summed E-state index contributed by atoms with van der Waals surface area (Å²) >= 11 is 0. The van der Waals surface area contributed by atoms with Crippen molar-refractivity contribution in [2.45, 2.75) is 39.8 Å². The minimum Gasteiger partial charge on any atom is -0.459 e. The molecule has 0 spiro atoms. The third-order valence-corrected chi connectivity index (χ3v) is 4.68. The van der Waals surface area contributed by atoms with Gasteiger partial charge in [0.2, 0.25) is 5.91 Å². The van der Waals surface area contributed by atoms with Gasteiger partial charge in [-0.2, -0.15) is 5.10 Å². The van der Waals surface area contributed by atoms with Crippen LogP contribution in [0.4, 0.5) is 0 Å². The number of amides is 1. The van der Waals surface area contributed by atoms with Gasteiger partial charge in [0, 0.05) is 37.0 Å². The number of rotatable bonds is 6. The van der Waals surface area contributed by atoms with Gasteiger partial charge in [0.05, 0.1) is 23.4 Å². The Balaban J connectivity index is 1.61. The lowest BCUT2D eigenvalue weighted by atomic mass is 10.3. The highest BCUT2D eigenvalue weighted by Crippen LogP contribution is 2.31. The first-order valence-corrected chi connectivity index (χ1v) is 9.20. The lowest BCUT2D eigenvalue weighted by molar-refractivity contribution is -0.121. The smallest absolute Gasteiger partial charge is 0.291 e. The Morgan fingerprint density at radius 1 is 1.36 bits per heavy atom. The first-order chi connectivity index (χ1) is 13.5. The Morgan fingerprint density at radius 3 is 2.89 bits per heavy atom. The number of H-pyrrole nitrogens is 1. The van der Waals surface area contributed by atoms with Crippen molar-refractivity contribution in [1.29, 1.82) is 0 Å². The second kappa shape index (κ2) is 6.99. The number of furan rings is 1. The maximum Gasteiger partial charge on any atom is 0.291 e. The van der Waals surface area contributed by atoms with Crippen LogP contribution >= 0.6 is 0 Å². The Labute approximate surface area is 160 Å². The van der Waals surface area contributed by atoms with Crippen LogP contribution < -0.4 is 10.9 Å². The van der Waals surface area contributed by atoms with E-state index in [-0.39, 0.29) is 24.1 Å². The summed E-state index contributed by atoms with van der Waals surface area (Å²) in [5.74, 6) is 0.512. The number of carbonyl (C=O) groups is 1. The van der Waals surface area contributed by atoms with E-state index in [2.05, 4.69) is 20.4 Å². The molecule has 0 saturated heterocycles. The Bertz CT molecular complexity index is 1200. The van der Waals surface area contributed by atoms with Crippen LogP contribution in [0.15, 0.2) is 34.0 Å². The molecule has 0 radical (unpaired) electrons. The quantitative estimate of drug-likeness (QED) is 0.529. The topological polar surface area (TPSA) is 111 Å². The van der Waals surface area contributed by atoms with Crippen LogP contribution in [0.25, 0.3) is 22.0 Å².